The summed E-state index contributed by atoms with van der Waals surface area (Å²) in [4.78, 5) is 16.2. The molecule has 0 aliphatic heterocycles. The van der Waals surface area contributed by atoms with Crippen molar-refractivity contribution in [3.8, 4) is 0 Å². The lowest BCUT2D eigenvalue weighted by atomic mass is 10.0. The molecule has 0 bridgehead atoms. The second-order valence-corrected chi connectivity index (χ2v) is 4.41. The number of carbonyl (C=O) groups is 1. The zero-order valence-corrected chi connectivity index (χ0v) is 9.52. The zero-order valence-electron chi connectivity index (χ0n) is 9.52. The van der Waals surface area contributed by atoms with E-state index < -0.39 is 0 Å². The largest absolute Gasteiger partial charge is 0.289 e. The Balaban J connectivity index is 1.97. The van der Waals surface area contributed by atoms with Crippen molar-refractivity contribution in [3.05, 3.63) is 65.0 Å². The quantitative estimate of drug-likeness (QED) is 0.733. The van der Waals surface area contributed by atoms with Crippen LogP contribution in [0.15, 0.2) is 42.7 Å². The topological polar surface area (TPSA) is 30.0 Å². The van der Waals surface area contributed by atoms with Gasteiger partial charge in [-0.1, -0.05) is 12.1 Å². The summed E-state index contributed by atoms with van der Waals surface area (Å²) in [7, 11) is 0. The van der Waals surface area contributed by atoms with Crippen molar-refractivity contribution in [1.29, 1.82) is 0 Å². The number of pyridine rings is 1. The van der Waals surface area contributed by atoms with Crippen molar-refractivity contribution in [2.24, 2.45) is 0 Å². The van der Waals surface area contributed by atoms with E-state index in [-0.39, 0.29) is 5.78 Å². The normalized spacial score (nSPS) is 13.4. The van der Waals surface area contributed by atoms with Gasteiger partial charge in [-0.05, 0) is 48.6 Å². The number of ketones is 1. The van der Waals surface area contributed by atoms with Gasteiger partial charge in [-0.3, -0.25) is 9.78 Å². The first kappa shape index (κ1) is 10.2. The molecule has 0 saturated carbocycles. The number of aryl methyl sites for hydroxylation is 2. The summed E-state index contributed by atoms with van der Waals surface area (Å²) >= 11 is 0. The monoisotopic (exact) mass is 223 g/mol. The van der Waals surface area contributed by atoms with Crippen LogP contribution < -0.4 is 0 Å². The average Bonchev–Trinajstić information content (AvgIpc) is 2.86. The highest BCUT2D eigenvalue weighted by Crippen LogP contribution is 2.23. The van der Waals surface area contributed by atoms with Gasteiger partial charge >= 0.3 is 0 Å². The highest BCUT2D eigenvalue weighted by molar-refractivity contribution is 6.08. The number of rotatable bonds is 2. The maximum absolute atomic E-state index is 12.2. The molecule has 17 heavy (non-hydrogen) atoms. The number of benzene rings is 1. The van der Waals surface area contributed by atoms with Gasteiger partial charge in [0.25, 0.3) is 0 Å². The second-order valence-electron chi connectivity index (χ2n) is 4.41. The molecule has 0 spiro atoms. The highest BCUT2D eigenvalue weighted by Gasteiger charge is 2.14. The molecule has 1 aliphatic rings. The van der Waals surface area contributed by atoms with E-state index >= 15 is 0 Å². The number of carbonyl (C=O) groups excluding carboxylic acids is 1. The third-order valence-electron chi connectivity index (χ3n) is 3.28. The fraction of sp³-hybridized carbons (Fsp3) is 0.200. The lowest BCUT2D eigenvalue weighted by Gasteiger charge is -2.04. The average molecular weight is 223 g/mol. The molecule has 2 aromatic rings. The van der Waals surface area contributed by atoms with Gasteiger partial charge in [-0.25, -0.2) is 0 Å². The van der Waals surface area contributed by atoms with E-state index in [0.717, 1.165) is 18.4 Å². The van der Waals surface area contributed by atoms with Gasteiger partial charge in [0, 0.05) is 23.5 Å². The van der Waals surface area contributed by atoms with Crippen LogP contribution in [0.5, 0.6) is 0 Å². The van der Waals surface area contributed by atoms with Crippen molar-refractivity contribution >= 4 is 5.78 Å². The van der Waals surface area contributed by atoms with Crippen LogP contribution in [0.4, 0.5) is 0 Å². The van der Waals surface area contributed by atoms with E-state index in [1.165, 1.54) is 17.5 Å². The summed E-state index contributed by atoms with van der Waals surface area (Å²) in [5.41, 5.74) is 4.16. The fourth-order valence-electron chi connectivity index (χ4n) is 2.38. The van der Waals surface area contributed by atoms with Gasteiger partial charge in [0.05, 0.1) is 0 Å². The summed E-state index contributed by atoms with van der Waals surface area (Å²) in [5.74, 6) is 0.0628. The number of fused-ring (bicyclic) bond motifs is 1. The molecular weight excluding hydrogens is 210 g/mol. The lowest BCUT2D eigenvalue weighted by Crippen LogP contribution is -2.02. The summed E-state index contributed by atoms with van der Waals surface area (Å²) in [6.07, 6.45) is 6.76. The molecule has 0 unspecified atom stereocenters. The molecule has 2 heteroatoms. The Labute approximate surface area is 100 Å². The number of hydrogen-bond acceptors (Lipinski definition) is 2. The third kappa shape index (κ3) is 1.86. The van der Waals surface area contributed by atoms with Crippen molar-refractivity contribution < 1.29 is 4.79 Å². The molecule has 1 aromatic heterocycles. The second kappa shape index (κ2) is 4.13. The van der Waals surface area contributed by atoms with Gasteiger partial charge in [0.2, 0.25) is 0 Å². The Hall–Kier alpha value is -1.96. The molecule has 0 amide bonds. The van der Waals surface area contributed by atoms with Gasteiger partial charge < -0.3 is 0 Å². The summed E-state index contributed by atoms with van der Waals surface area (Å²) in [6.45, 7) is 0. The highest BCUT2D eigenvalue weighted by atomic mass is 16.1. The lowest BCUT2D eigenvalue weighted by molar-refractivity contribution is 0.103. The number of aromatic nitrogens is 1. The van der Waals surface area contributed by atoms with E-state index in [2.05, 4.69) is 11.1 Å². The minimum absolute atomic E-state index is 0.0628. The Morgan fingerprint density at radius 1 is 1.06 bits per heavy atom. The Bertz CT molecular complexity index is 560. The van der Waals surface area contributed by atoms with Crippen molar-refractivity contribution in [1.82, 2.24) is 4.98 Å². The summed E-state index contributed by atoms with van der Waals surface area (Å²) in [5, 5.41) is 0. The Morgan fingerprint density at radius 3 is 2.76 bits per heavy atom. The molecule has 84 valence electrons. The molecule has 1 aromatic carbocycles. The van der Waals surface area contributed by atoms with Crippen LogP contribution in [0.1, 0.15) is 33.5 Å². The van der Waals surface area contributed by atoms with E-state index in [1.807, 2.05) is 18.2 Å². The van der Waals surface area contributed by atoms with Crippen LogP contribution in [0.3, 0.4) is 0 Å². The first-order chi connectivity index (χ1) is 8.34. The Morgan fingerprint density at radius 2 is 1.94 bits per heavy atom. The molecule has 0 fully saturated rings. The fourth-order valence-corrected chi connectivity index (χ4v) is 2.38. The van der Waals surface area contributed by atoms with Crippen LogP contribution in [-0.4, -0.2) is 10.8 Å². The molecule has 3 rings (SSSR count). The molecule has 2 nitrogen and oxygen atoms in total. The number of nitrogens with zero attached hydrogens (tertiary/aromatic N) is 1. The first-order valence-electron chi connectivity index (χ1n) is 5.91. The van der Waals surface area contributed by atoms with Crippen molar-refractivity contribution in [2.75, 3.05) is 0 Å². The van der Waals surface area contributed by atoms with Gasteiger partial charge in [0.15, 0.2) is 5.78 Å². The predicted octanol–water partition coefficient (Wildman–Crippen LogP) is 2.80. The molecule has 1 heterocycles. The standard InChI is InChI=1S/C15H13NO/c17-15(14-5-2-8-16-10-14)13-7-6-11-3-1-4-12(11)9-13/h2,5-10H,1,3-4H2. The summed E-state index contributed by atoms with van der Waals surface area (Å²) < 4.78 is 0. The van der Waals surface area contributed by atoms with E-state index in [0.29, 0.717) is 5.56 Å². The predicted molar refractivity (Wildman–Crippen MR) is 66.1 cm³/mol. The Kier molecular flexibility index (Phi) is 2.48. The van der Waals surface area contributed by atoms with Crippen LogP contribution in [0, 0.1) is 0 Å². The molecule has 0 saturated heterocycles. The molecule has 0 N–H and O–H groups in total. The van der Waals surface area contributed by atoms with Crippen molar-refractivity contribution in [3.63, 3.8) is 0 Å². The summed E-state index contributed by atoms with van der Waals surface area (Å²) in [6, 6.07) is 9.66. The van der Waals surface area contributed by atoms with E-state index in [9.17, 15) is 4.79 Å². The van der Waals surface area contributed by atoms with Crippen LogP contribution in [0.2, 0.25) is 0 Å². The minimum Gasteiger partial charge on any atom is -0.289 e. The maximum atomic E-state index is 12.2. The first-order valence-corrected chi connectivity index (χ1v) is 5.91. The van der Waals surface area contributed by atoms with E-state index in [1.54, 1.807) is 18.5 Å². The van der Waals surface area contributed by atoms with Crippen LogP contribution in [-0.2, 0) is 12.8 Å². The molecule has 0 radical (unpaired) electrons. The zero-order chi connectivity index (χ0) is 11.7. The minimum atomic E-state index is 0.0628. The van der Waals surface area contributed by atoms with Crippen LogP contribution >= 0.6 is 0 Å². The number of hydrogen-bond donors (Lipinski definition) is 0. The van der Waals surface area contributed by atoms with Crippen LogP contribution in [0.25, 0.3) is 0 Å². The molecule has 1 aliphatic carbocycles. The maximum Gasteiger partial charge on any atom is 0.194 e. The van der Waals surface area contributed by atoms with E-state index in [4.69, 9.17) is 0 Å². The molecule has 0 atom stereocenters. The third-order valence-corrected chi connectivity index (χ3v) is 3.28. The SMILES string of the molecule is O=C(c1cccnc1)c1ccc2c(c1)CCC2. The molecular formula is C15H13NO. The van der Waals surface area contributed by atoms with Gasteiger partial charge in [-0.2, -0.15) is 0 Å². The van der Waals surface area contributed by atoms with Crippen molar-refractivity contribution in [2.45, 2.75) is 19.3 Å². The smallest absolute Gasteiger partial charge is 0.194 e. The van der Waals surface area contributed by atoms with Gasteiger partial charge in [0.1, 0.15) is 0 Å². The van der Waals surface area contributed by atoms with Gasteiger partial charge in [-0.15, -0.1) is 0 Å².